The lowest BCUT2D eigenvalue weighted by atomic mass is 9.79. The zero-order valence-corrected chi connectivity index (χ0v) is 9.47. The second kappa shape index (κ2) is 6.94. The van der Waals surface area contributed by atoms with E-state index in [9.17, 15) is 0 Å². The Morgan fingerprint density at radius 3 is 2.46 bits per heavy atom. The Morgan fingerprint density at radius 2 is 2.00 bits per heavy atom. The van der Waals surface area contributed by atoms with Crippen molar-refractivity contribution in [3.05, 3.63) is 24.8 Å². The zero-order chi connectivity index (χ0) is 10.2. The van der Waals surface area contributed by atoms with Gasteiger partial charge in [0.15, 0.2) is 0 Å². The molecule has 0 radical (unpaired) electrons. The Bertz CT molecular complexity index is 155. The number of rotatable bonds is 7. The smallest absolute Gasteiger partial charge is 0.0257 e. The minimum absolute atomic E-state index is 0.449. The molecule has 0 N–H and O–H groups in total. The molecule has 0 bridgehead atoms. The van der Waals surface area contributed by atoms with Crippen molar-refractivity contribution in [2.24, 2.45) is 5.41 Å². The fourth-order valence-electron chi connectivity index (χ4n) is 1.64. The van der Waals surface area contributed by atoms with Gasteiger partial charge in [0.2, 0.25) is 0 Å². The van der Waals surface area contributed by atoms with Gasteiger partial charge in [-0.2, -0.15) is 0 Å². The van der Waals surface area contributed by atoms with Crippen molar-refractivity contribution in [2.75, 3.05) is 0 Å². The molecule has 0 rings (SSSR count). The van der Waals surface area contributed by atoms with Crippen molar-refractivity contribution < 1.29 is 0 Å². The first-order chi connectivity index (χ1) is 6.18. The van der Waals surface area contributed by atoms with E-state index in [-0.39, 0.29) is 0 Å². The number of hydrogen-bond donors (Lipinski definition) is 0. The molecule has 0 heteroatoms. The summed E-state index contributed by atoms with van der Waals surface area (Å²) < 4.78 is 0. The molecule has 0 saturated heterocycles. The average molecular weight is 180 g/mol. The average Bonchev–Trinajstić information content (AvgIpc) is 2.12. The molecule has 0 nitrogen and oxygen atoms in total. The minimum atomic E-state index is 0.449. The first kappa shape index (κ1) is 12.5. The summed E-state index contributed by atoms with van der Waals surface area (Å²) in [5.41, 5.74) is 0.449. The third-order valence-corrected chi connectivity index (χ3v) is 2.62. The van der Waals surface area contributed by atoms with Crippen LogP contribution in [0.15, 0.2) is 24.8 Å². The van der Waals surface area contributed by atoms with Gasteiger partial charge in [0.05, 0.1) is 0 Å². The Morgan fingerprint density at radius 1 is 1.31 bits per heavy atom. The Labute approximate surface area is 83.7 Å². The summed E-state index contributed by atoms with van der Waals surface area (Å²) in [4.78, 5) is 0. The lowest BCUT2D eigenvalue weighted by molar-refractivity contribution is 0.294. The van der Waals surface area contributed by atoms with Crippen LogP contribution in [0.5, 0.6) is 0 Å². The van der Waals surface area contributed by atoms with Gasteiger partial charge in [-0.3, -0.25) is 0 Å². The maximum atomic E-state index is 3.84. The number of hydrogen-bond acceptors (Lipinski definition) is 0. The molecule has 1 unspecified atom stereocenters. The quantitative estimate of drug-likeness (QED) is 0.497. The van der Waals surface area contributed by atoms with Crippen molar-refractivity contribution in [1.29, 1.82) is 0 Å². The van der Waals surface area contributed by atoms with Crippen molar-refractivity contribution in [2.45, 2.75) is 52.9 Å². The third kappa shape index (κ3) is 5.68. The SMILES string of the molecule is C=CCC(C)(CC=CC)CCCC. The lowest BCUT2D eigenvalue weighted by Gasteiger charge is -2.26. The summed E-state index contributed by atoms with van der Waals surface area (Å²) in [5.74, 6) is 0. The molecular weight excluding hydrogens is 156 g/mol. The van der Waals surface area contributed by atoms with Gasteiger partial charge in [-0.15, -0.1) is 6.58 Å². The van der Waals surface area contributed by atoms with Gasteiger partial charge in [-0.1, -0.05) is 44.9 Å². The van der Waals surface area contributed by atoms with Crippen molar-refractivity contribution >= 4 is 0 Å². The van der Waals surface area contributed by atoms with E-state index in [0.29, 0.717) is 5.41 Å². The van der Waals surface area contributed by atoms with Gasteiger partial charge in [0, 0.05) is 0 Å². The van der Waals surface area contributed by atoms with E-state index in [1.165, 1.54) is 25.7 Å². The van der Waals surface area contributed by atoms with Gasteiger partial charge < -0.3 is 0 Å². The summed E-state index contributed by atoms with van der Waals surface area (Å²) in [6.07, 6.45) is 12.8. The molecule has 0 aliphatic carbocycles. The van der Waals surface area contributed by atoms with Crippen LogP contribution in [0, 0.1) is 5.41 Å². The zero-order valence-electron chi connectivity index (χ0n) is 9.47. The highest BCUT2D eigenvalue weighted by atomic mass is 14.2. The molecule has 0 aliphatic rings. The predicted octanol–water partition coefficient (Wildman–Crippen LogP) is 4.73. The Hall–Kier alpha value is -0.520. The van der Waals surface area contributed by atoms with Crippen molar-refractivity contribution in [1.82, 2.24) is 0 Å². The molecule has 0 fully saturated rings. The fraction of sp³-hybridized carbons (Fsp3) is 0.692. The highest BCUT2D eigenvalue weighted by molar-refractivity contribution is 4.90. The van der Waals surface area contributed by atoms with E-state index in [1.807, 2.05) is 0 Å². The molecule has 0 amide bonds. The lowest BCUT2D eigenvalue weighted by Crippen LogP contribution is -2.14. The summed E-state index contributed by atoms with van der Waals surface area (Å²) in [6, 6.07) is 0. The molecule has 0 aliphatic heterocycles. The Balaban J connectivity index is 4.06. The molecule has 0 aromatic heterocycles. The molecule has 0 aromatic rings. The molecule has 13 heavy (non-hydrogen) atoms. The number of unbranched alkanes of at least 4 members (excludes halogenated alkanes) is 1. The first-order valence-electron chi connectivity index (χ1n) is 5.40. The maximum Gasteiger partial charge on any atom is -0.0257 e. The first-order valence-corrected chi connectivity index (χ1v) is 5.40. The summed E-state index contributed by atoms with van der Waals surface area (Å²) in [7, 11) is 0. The normalized spacial score (nSPS) is 15.9. The van der Waals surface area contributed by atoms with E-state index in [2.05, 4.69) is 45.6 Å². The monoisotopic (exact) mass is 180 g/mol. The molecule has 0 spiro atoms. The fourth-order valence-corrected chi connectivity index (χ4v) is 1.64. The largest absolute Gasteiger partial charge is 0.103 e. The van der Waals surface area contributed by atoms with E-state index in [1.54, 1.807) is 0 Å². The van der Waals surface area contributed by atoms with Crippen molar-refractivity contribution in [3.8, 4) is 0 Å². The van der Waals surface area contributed by atoms with Gasteiger partial charge in [0.25, 0.3) is 0 Å². The van der Waals surface area contributed by atoms with E-state index >= 15 is 0 Å². The van der Waals surface area contributed by atoms with Gasteiger partial charge in [0.1, 0.15) is 0 Å². The predicted molar refractivity (Wildman–Crippen MR) is 61.9 cm³/mol. The molecular formula is C13H24. The van der Waals surface area contributed by atoms with Crippen LogP contribution in [-0.4, -0.2) is 0 Å². The molecule has 0 aromatic carbocycles. The van der Waals surface area contributed by atoms with Crippen LogP contribution in [0.1, 0.15) is 52.9 Å². The van der Waals surface area contributed by atoms with E-state index in [4.69, 9.17) is 0 Å². The van der Waals surface area contributed by atoms with E-state index < -0.39 is 0 Å². The minimum Gasteiger partial charge on any atom is -0.103 e. The van der Waals surface area contributed by atoms with Gasteiger partial charge in [-0.25, -0.2) is 0 Å². The summed E-state index contributed by atoms with van der Waals surface area (Å²) in [5, 5.41) is 0. The standard InChI is InChI=1S/C13H24/c1-5-8-11-13(4,10-7-3)12-9-6-2/h5,7-8H,3,6,9-12H2,1-2,4H3. The van der Waals surface area contributed by atoms with Crippen LogP contribution in [0.3, 0.4) is 0 Å². The van der Waals surface area contributed by atoms with Crippen LogP contribution >= 0.6 is 0 Å². The number of allylic oxidation sites excluding steroid dienone is 3. The van der Waals surface area contributed by atoms with Crippen LogP contribution < -0.4 is 0 Å². The summed E-state index contributed by atoms with van der Waals surface area (Å²) >= 11 is 0. The highest BCUT2D eigenvalue weighted by Gasteiger charge is 2.19. The van der Waals surface area contributed by atoms with Crippen LogP contribution in [0.4, 0.5) is 0 Å². The van der Waals surface area contributed by atoms with Gasteiger partial charge in [-0.05, 0) is 31.6 Å². The van der Waals surface area contributed by atoms with Crippen LogP contribution in [0.25, 0.3) is 0 Å². The Kier molecular flexibility index (Phi) is 6.66. The van der Waals surface area contributed by atoms with E-state index in [0.717, 1.165) is 6.42 Å². The molecule has 0 saturated carbocycles. The van der Waals surface area contributed by atoms with Gasteiger partial charge >= 0.3 is 0 Å². The highest BCUT2D eigenvalue weighted by Crippen LogP contribution is 2.32. The third-order valence-electron chi connectivity index (χ3n) is 2.62. The molecule has 1 atom stereocenters. The van der Waals surface area contributed by atoms with Crippen molar-refractivity contribution in [3.63, 3.8) is 0 Å². The molecule has 76 valence electrons. The second-order valence-corrected chi connectivity index (χ2v) is 4.18. The topological polar surface area (TPSA) is 0 Å². The summed E-state index contributed by atoms with van der Waals surface area (Å²) in [6.45, 7) is 10.5. The van der Waals surface area contributed by atoms with Crippen LogP contribution in [-0.2, 0) is 0 Å². The van der Waals surface area contributed by atoms with Crippen LogP contribution in [0.2, 0.25) is 0 Å². The molecule has 0 heterocycles. The maximum absolute atomic E-state index is 3.84. The second-order valence-electron chi connectivity index (χ2n) is 4.18.